The van der Waals surface area contributed by atoms with Crippen molar-refractivity contribution in [2.24, 2.45) is 5.73 Å². The van der Waals surface area contributed by atoms with E-state index >= 15 is 0 Å². The van der Waals surface area contributed by atoms with Gasteiger partial charge in [-0.15, -0.1) is 12.4 Å². The molecule has 0 aromatic heterocycles. The molecule has 1 heterocycles. The number of piperidine rings is 1. The van der Waals surface area contributed by atoms with E-state index in [4.69, 9.17) is 5.73 Å². The minimum Gasteiger partial charge on any atom is -0.326 e. The average molecular weight is 373 g/mol. The molecule has 2 N–H and O–H groups in total. The van der Waals surface area contributed by atoms with Gasteiger partial charge >= 0.3 is 6.18 Å². The van der Waals surface area contributed by atoms with Crippen molar-refractivity contribution in [3.8, 4) is 0 Å². The van der Waals surface area contributed by atoms with Gasteiger partial charge in [0.2, 0.25) is 10.0 Å². The van der Waals surface area contributed by atoms with Gasteiger partial charge in [0.05, 0.1) is 10.5 Å². The lowest BCUT2D eigenvalue weighted by Crippen LogP contribution is -2.51. The number of alkyl halides is 3. The molecule has 132 valence electrons. The van der Waals surface area contributed by atoms with Crippen molar-refractivity contribution in [1.82, 2.24) is 4.31 Å². The third-order valence-corrected chi connectivity index (χ3v) is 5.87. The summed E-state index contributed by atoms with van der Waals surface area (Å²) in [5, 5.41) is 0. The number of hydrogen-bond donors (Lipinski definition) is 1. The van der Waals surface area contributed by atoms with Crippen LogP contribution in [-0.4, -0.2) is 31.4 Å². The zero-order valence-electron chi connectivity index (χ0n) is 12.6. The van der Waals surface area contributed by atoms with E-state index in [1.165, 1.54) is 12.1 Å². The molecule has 1 fully saturated rings. The van der Waals surface area contributed by atoms with Gasteiger partial charge in [0.25, 0.3) is 0 Å². The fraction of sp³-hybridized carbons (Fsp3) is 0.571. The van der Waals surface area contributed by atoms with Crippen LogP contribution >= 0.6 is 12.4 Å². The number of nitrogens with two attached hydrogens (primary N) is 1. The number of hydrogen-bond acceptors (Lipinski definition) is 3. The Morgan fingerprint density at radius 1 is 1.26 bits per heavy atom. The largest absolute Gasteiger partial charge is 0.417 e. The zero-order chi connectivity index (χ0) is 16.5. The number of benzene rings is 1. The van der Waals surface area contributed by atoms with Crippen LogP contribution in [-0.2, 0) is 16.2 Å². The van der Waals surface area contributed by atoms with Gasteiger partial charge in [-0.05, 0) is 31.9 Å². The normalized spacial score (nSPS) is 21.5. The molecule has 0 radical (unpaired) electrons. The molecule has 4 nitrogen and oxygen atoms in total. The van der Waals surface area contributed by atoms with Gasteiger partial charge in [-0.3, -0.25) is 0 Å². The van der Waals surface area contributed by atoms with Gasteiger partial charge in [-0.25, -0.2) is 8.42 Å². The smallest absolute Gasteiger partial charge is 0.326 e. The second-order valence-electron chi connectivity index (χ2n) is 5.53. The van der Waals surface area contributed by atoms with E-state index in [0.29, 0.717) is 12.8 Å². The third-order valence-electron chi connectivity index (χ3n) is 3.88. The molecule has 0 saturated carbocycles. The van der Waals surface area contributed by atoms with Crippen LogP contribution < -0.4 is 5.73 Å². The summed E-state index contributed by atoms with van der Waals surface area (Å²) in [5.41, 5.74) is 4.69. The molecule has 23 heavy (non-hydrogen) atoms. The van der Waals surface area contributed by atoms with Crippen molar-refractivity contribution in [3.63, 3.8) is 0 Å². The van der Waals surface area contributed by atoms with Crippen LogP contribution in [0.25, 0.3) is 0 Å². The zero-order valence-corrected chi connectivity index (χ0v) is 14.2. The van der Waals surface area contributed by atoms with Gasteiger partial charge < -0.3 is 5.73 Å². The first-order chi connectivity index (χ1) is 10.2. The Kier molecular flexibility index (Phi) is 6.48. The Hall–Kier alpha value is -0.830. The summed E-state index contributed by atoms with van der Waals surface area (Å²) >= 11 is 0. The highest BCUT2D eigenvalue weighted by Gasteiger charge is 2.41. The van der Waals surface area contributed by atoms with Gasteiger partial charge in [0.1, 0.15) is 0 Å². The molecule has 0 amide bonds. The molecule has 0 spiro atoms. The van der Waals surface area contributed by atoms with Crippen LogP contribution in [0.3, 0.4) is 0 Å². The average Bonchev–Trinajstić information content (AvgIpc) is 2.46. The summed E-state index contributed by atoms with van der Waals surface area (Å²) in [6.45, 7) is 1.87. The fourth-order valence-corrected chi connectivity index (χ4v) is 4.79. The topological polar surface area (TPSA) is 63.4 Å². The molecule has 2 atom stereocenters. The summed E-state index contributed by atoms with van der Waals surface area (Å²) in [4.78, 5) is -0.699. The Balaban J connectivity index is 0.00000264. The first-order valence-corrected chi connectivity index (χ1v) is 8.53. The molecule has 1 aliphatic heterocycles. The predicted octanol–water partition coefficient (Wildman–Crippen LogP) is 3.02. The van der Waals surface area contributed by atoms with E-state index in [1.807, 2.05) is 0 Å². The number of nitrogens with zero attached hydrogens (tertiary/aromatic N) is 1. The molecule has 2 unspecified atom stereocenters. The predicted molar refractivity (Wildman–Crippen MR) is 83.9 cm³/mol. The summed E-state index contributed by atoms with van der Waals surface area (Å²) in [6.07, 6.45) is -2.72. The number of sulfonamides is 1. The molecule has 0 bridgehead atoms. The molecule has 2 rings (SSSR count). The highest BCUT2D eigenvalue weighted by molar-refractivity contribution is 7.89. The summed E-state index contributed by atoms with van der Waals surface area (Å²) < 4.78 is 65.9. The first kappa shape index (κ1) is 20.2. The van der Waals surface area contributed by atoms with Crippen LogP contribution in [0.15, 0.2) is 29.2 Å². The van der Waals surface area contributed by atoms with E-state index in [1.54, 1.807) is 6.92 Å². The molecular formula is C14H20ClF3N2O2S. The quantitative estimate of drug-likeness (QED) is 0.887. The van der Waals surface area contributed by atoms with Crippen LogP contribution in [0.5, 0.6) is 0 Å². The van der Waals surface area contributed by atoms with Gasteiger partial charge in [0.15, 0.2) is 0 Å². The minimum atomic E-state index is -4.72. The maximum Gasteiger partial charge on any atom is 0.417 e. The molecule has 0 aliphatic carbocycles. The van der Waals surface area contributed by atoms with Crippen molar-refractivity contribution >= 4 is 22.4 Å². The van der Waals surface area contributed by atoms with Gasteiger partial charge in [-0.1, -0.05) is 18.6 Å². The lowest BCUT2D eigenvalue weighted by atomic mass is 10.00. The molecule has 1 aliphatic rings. The van der Waals surface area contributed by atoms with E-state index in [0.717, 1.165) is 22.9 Å². The van der Waals surface area contributed by atoms with Crippen molar-refractivity contribution < 1.29 is 21.6 Å². The second kappa shape index (κ2) is 7.38. The first-order valence-electron chi connectivity index (χ1n) is 7.09. The Morgan fingerprint density at radius 3 is 2.43 bits per heavy atom. The van der Waals surface area contributed by atoms with Crippen molar-refractivity contribution in [3.05, 3.63) is 29.8 Å². The van der Waals surface area contributed by atoms with E-state index < -0.39 is 38.7 Å². The van der Waals surface area contributed by atoms with Crippen molar-refractivity contribution in [1.29, 1.82) is 0 Å². The van der Waals surface area contributed by atoms with Crippen LogP contribution in [0.1, 0.15) is 31.7 Å². The fourth-order valence-electron chi connectivity index (χ4n) is 2.81. The lowest BCUT2D eigenvalue weighted by molar-refractivity contribution is -0.139. The molecule has 1 aromatic carbocycles. The van der Waals surface area contributed by atoms with Gasteiger partial charge in [0, 0.05) is 18.6 Å². The SMILES string of the molecule is CC(N)C1CCCCN1S(=O)(=O)c1ccccc1C(F)(F)F.Cl. The highest BCUT2D eigenvalue weighted by Crippen LogP contribution is 2.36. The molecular weight excluding hydrogens is 353 g/mol. The summed E-state index contributed by atoms with van der Waals surface area (Å²) in [7, 11) is -4.24. The maximum atomic E-state index is 13.1. The third kappa shape index (κ3) is 4.17. The summed E-state index contributed by atoms with van der Waals surface area (Å²) in [5.74, 6) is 0. The van der Waals surface area contributed by atoms with Crippen LogP contribution in [0, 0.1) is 0 Å². The highest BCUT2D eigenvalue weighted by atomic mass is 35.5. The Morgan fingerprint density at radius 2 is 1.87 bits per heavy atom. The van der Waals surface area contributed by atoms with E-state index in [-0.39, 0.29) is 19.0 Å². The number of halogens is 4. The summed E-state index contributed by atoms with van der Waals surface area (Å²) in [6, 6.07) is 3.37. The van der Waals surface area contributed by atoms with E-state index in [2.05, 4.69) is 0 Å². The maximum absolute atomic E-state index is 13.1. The Labute approximate surface area is 140 Å². The van der Waals surface area contributed by atoms with Gasteiger partial charge in [-0.2, -0.15) is 17.5 Å². The van der Waals surface area contributed by atoms with Crippen molar-refractivity contribution in [2.45, 2.75) is 49.3 Å². The van der Waals surface area contributed by atoms with Crippen LogP contribution in [0.4, 0.5) is 13.2 Å². The second-order valence-corrected chi connectivity index (χ2v) is 7.39. The van der Waals surface area contributed by atoms with Crippen LogP contribution in [0.2, 0.25) is 0 Å². The van der Waals surface area contributed by atoms with Crippen molar-refractivity contribution in [2.75, 3.05) is 6.54 Å². The lowest BCUT2D eigenvalue weighted by Gasteiger charge is -2.37. The molecule has 9 heteroatoms. The minimum absolute atomic E-state index is 0. The standard InChI is InChI=1S/C14H19F3N2O2S.ClH/c1-10(18)12-7-4-5-9-19(12)22(20,21)13-8-3-2-6-11(13)14(15,16)17;/h2-3,6,8,10,12H,4-5,7,9,18H2,1H3;1H. The van der Waals surface area contributed by atoms with E-state index in [9.17, 15) is 21.6 Å². The number of rotatable bonds is 3. The monoisotopic (exact) mass is 372 g/mol. The Bertz CT molecular complexity index is 635. The molecule has 1 aromatic rings. The molecule has 1 saturated heterocycles.